The molecule has 0 unspecified atom stereocenters. The molecular weight excluding hydrogens is 228 g/mol. The van der Waals surface area contributed by atoms with Gasteiger partial charge in [0.1, 0.15) is 11.3 Å². The van der Waals surface area contributed by atoms with Gasteiger partial charge in [-0.1, -0.05) is 37.3 Å². The van der Waals surface area contributed by atoms with E-state index < -0.39 is 5.63 Å². The molecule has 0 aliphatic rings. The highest BCUT2D eigenvalue weighted by molar-refractivity contribution is 6.05. The van der Waals surface area contributed by atoms with Crippen molar-refractivity contribution >= 4 is 21.7 Å². The Morgan fingerprint density at radius 1 is 1.11 bits per heavy atom. The topological polar surface area (TPSA) is 50.4 Å². The summed E-state index contributed by atoms with van der Waals surface area (Å²) in [6, 6.07) is 11.3. The van der Waals surface area contributed by atoms with Crippen LogP contribution in [0.3, 0.4) is 0 Å². The summed E-state index contributed by atoms with van der Waals surface area (Å²) in [6.07, 6.45) is 0.455. The van der Waals surface area contributed by atoms with Crippen LogP contribution in [0.2, 0.25) is 0 Å². The molecule has 0 bridgehead atoms. The van der Waals surface area contributed by atoms with Gasteiger partial charge in [0, 0.05) is 5.39 Å². The molecule has 1 N–H and O–H groups in total. The van der Waals surface area contributed by atoms with E-state index in [0.29, 0.717) is 23.0 Å². The Kier molecular flexibility index (Phi) is 2.33. The van der Waals surface area contributed by atoms with Gasteiger partial charge in [0.2, 0.25) is 0 Å². The lowest BCUT2D eigenvalue weighted by Crippen LogP contribution is -2.06. The first-order chi connectivity index (χ1) is 8.72. The maximum absolute atomic E-state index is 11.8. The van der Waals surface area contributed by atoms with E-state index in [0.717, 1.165) is 10.8 Å². The third-order valence-corrected chi connectivity index (χ3v) is 3.22. The highest BCUT2D eigenvalue weighted by atomic mass is 16.4. The van der Waals surface area contributed by atoms with Crippen LogP contribution in [0.5, 0.6) is 5.75 Å². The van der Waals surface area contributed by atoms with Gasteiger partial charge in [0.15, 0.2) is 0 Å². The highest BCUT2D eigenvalue weighted by Crippen LogP contribution is 2.31. The molecule has 18 heavy (non-hydrogen) atoms. The molecule has 1 heterocycles. The number of hydrogen-bond acceptors (Lipinski definition) is 3. The van der Waals surface area contributed by atoms with Crippen LogP contribution in [0.1, 0.15) is 12.5 Å². The number of rotatable bonds is 1. The molecule has 0 radical (unpaired) electrons. The summed E-state index contributed by atoms with van der Waals surface area (Å²) in [5.74, 6) is 0.0366. The lowest BCUT2D eigenvalue weighted by Gasteiger charge is -2.06. The molecule has 0 saturated carbocycles. The minimum Gasteiger partial charge on any atom is -0.507 e. The van der Waals surface area contributed by atoms with Gasteiger partial charge in [0.25, 0.3) is 0 Å². The summed E-state index contributed by atoms with van der Waals surface area (Å²) in [4.78, 5) is 11.8. The number of aromatic hydroxyl groups is 1. The molecule has 0 spiro atoms. The predicted octanol–water partition coefficient (Wildman–Crippen LogP) is 3.21. The molecule has 0 aliphatic heterocycles. The summed E-state index contributed by atoms with van der Waals surface area (Å²) in [7, 11) is 0. The molecule has 3 rings (SSSR count). The fourth-order valence-electron chi connectivity index (χ4n) is 2.26. The molecule has 3 nitrogen and oxygen atoms in total. The van der Waals surface area contributed by atoms with Crippen LogP contribution in [0.25, 0.3) is 21.7 Å². The predicted molar refractivity (Wildman–Crippen MR) is 71.0 cm³/mol. The Labute approximate surface area is 103 Å². The minimum absolute atomic E-state index is 0.0366. The quantitative estimate of drug-likeness (QED) is 0.525. The van der Waals surface area contributed by atoms with E-state index in [1.54, 1.807) is 6.07 Å². The zero-order chi connectivity index (χ0) is 12.7. The normalized spacial score (nSPS) is 11.2. The fourth-order valence-corrected chi connectivity index (χ4v) is 2.26. The van der Waals surface area contributed by atoms with Crippen LogP contribution < -0.4 is 5.63 Å². The first-order valence-corrected chi connectivity index (χ1v) is 5.88. The van der Waals surface area contributed by atoms with E-state index in [9.17, 15) is 9.90 Å². The van der Waals surface area contributed by atoms with Crippen LogP contribution in [-0.4, -0.2) is 5.11 Å². The van der Waals surface area contributed by atoms with Gasteiger partial charge in [-0.25, -0.2) is 4.79 Å². The third-order valence-electron chi connectivity index (χ3n) is 3.22. The molecule has 3 heteroatoms. The summed E-state index contributed by atoms with van der Waals surface area (Å²) in [6.45, 7) is 1.82. The van der Waals surface area contributed by atoms with Gasteiger partial charge in [-0.05, 0) is 17.9 Å². The Balaban J connectivity index is 2.57. The molecule has 3 aromatic rings. The number of fused-ring (bicyclic) bond motifs is 3. The van der Waals surface area contributed by atoms with Crippen molar-refractivity contribution in [2.24, 2.45) is 0 Å². The molecule has 0 amide bonds. The summed E-state index contributed by atoms with van der Waals surface area (Å²) >= 11 is 0. The van der Waals surface area contributed by atoms with Crippen molar-refractivity contribution in [3.8, 4) is 5.75 Å². The molecule has 90 valence electrons. The second kappa shape index (κ2) is 3.88. The van der Waals surface area contributed by atoms with Crippen LogP contribution >= 0.6 is 0 Å². The van der Waals surface area contributed by atoms with Gasteiger partial charge in [-0.15, -0.1) is 0 Å². The second-order valence-electron chi connectivity index (χ2n) is 4.23. The third kappa shape index (κ3) is 1.40. The van der Waals surface area contributed by atoms with E-state index in [-0.39, 0.29) is 5.75 Å². The highest BCUT2D eigenvalue weighted by Gasteiger charge is 2.13. The zero-order valence-electron chi connectivity index (χ0n) is 9.93. The van der Waals surface area contributed by atoms with Crippen LogP contribution in [0.4, 0.5) is 0 Å². The maximum atomic E-state index is 11.8. The first kappa shape index (κ1) is 10.8. The van der Waals surface area contributed by atoms with Crippen molar-refractivity contribution in [3.05, 3.63) is 52.4 Å². The Hall–Kier alpha value is -2.29. The van der Waals surface area contributed by atoms with Gasteiger partial charge in [-0.3, -0.25) is 0 Å². The van der Waals surface area contributed by atoms with E-state index in [1.165, 1.54) is 0 Å². The monoisotopic (exact) mass is 240 g/mol. The van der Waals surface area contributed by atoms with E-state index in [1.807, 2.05) is 37.3 Å². The minimum atomic E-state index is -0.459. The van der Waals surface area contributed by atoms with E-state index >= 15 is 0 Å². The SMILES string of the molecule is CCc1c(O)c2ccc3ccccc3c2oc1=O. The Morgan fingerprint density at radius 3 is 2.67 bits per heavy atom. The molecule has 0 saturated heterocycles. The molecule has 0 atom stereocenters. The van der Waals surface area contributed by atoms with Crippen molar-refractivity contribution in [2.45, 2.75) is 13.3 Å². The average Bonchev–Trinajstić information content (AvgIpc) is 2.39. The van der Waals surface area contributed by atoms with Crippen LogP contribution in [0, 0.1) is 0 Å². The first-order valence-electron chi connectivity index (χ1n) is 5.88. The zero-order valence-corrected chi connectivity index (χ0v) is 9.93. The summed E-state index contributed by atoms with van der Waals surface area (Å²) < 4.78 is 5.36. The maximum Gasteiger partial charge on any atom is 0.343 e. The van der Waals surface area contributed by atoms with Crippen molar-refractivity contribution in [1.82, 2.24) is 0 Å². The molecule has 1 aromatic heterocycles. The Morgan fingerprint density at radius 2 is 1.89 bits per heavy atom. The van der Waals surface area contributed by atoms with Crippen LogP contribution in [0.15, 0.2) is 45.6 Å². The second-order valence-corrected chi connectivity index (χ2v) is 4.23. The van der Waals surface area contributed by atoms with Crippen molar-refractivity contribution in [3.63, 3.8) is 0 Å². The van der Waals surface area contributed by atoms with Gasteiger partial charge >= 0.3 is 5.63 Å². The van der Waals surface area contributed by atoms with Crippen molar-refractivity contribution in [1.29, 1.82) is 0 Å². The molecule has 0 aliphatic carbocycles. The number of benzene rings is 2. The van der Waals surface area contributed by atoms with Gasteiger partial charge in [0.05, 0.1) is 10.9 Å². The lowest BCUT2D eigenvalue weighted by molar-refractivity contribution is 0.458. The van der Waals surface area contributed by atoms with Gasteiger partial charge < -0.3 is 9.52 Å². The summed E-state index contributed by atoms with van der Waals surface area (Å²) in [5, 5.41) is 12.5. The van der Waals surface area contributed by atoms with Gasteiger partial charge in [-0.2, -0.15) is 0 Å². The van der Waals surface area contributed by atoms with E-state index in [4.69, 9.17) is 4.42 Å². The molecular formula is C15H12O3. The van der Waals surface area contributed by atoms with E-state index in [2.05, 4.69) is 0 Å². The van der Waals surface area contributed by atoms with Crippen molar-refractivity contribution < 1.29 is 9.52 Å². The van der Waals surface area contributed by atoms with Crippen LogP contribution in [-0.2, 0) is 6.42 Å². The molecule has 0 fully saturated rings. The average molecular weight is 240 g/mol. The lowest BCUT2D eigenvalue weighted by atomic mass is 10.0. The summed E-state index contributed by atoms with van der Waals surface area (Å²) in [5.41, 5.74) is 0.324. The molecule has 2 aromatic carbocycles. The fraction of sp³-hybridized carbons (Fsp3) is 0.133. The van der Waals surface area contributed by atoms with Crippen molar-refractivity contribution in [2.75, 3.05) is 0 Å². The standard InChI is InChI=1S/C15H12O3/c1-2-10-13(16)12-8-7-9-5-3-4-6-11(9)14(12)18-15(10)17/h3-8,16H,2H2,1H3. The largest absolute Gasteiger partial charge is 0.507 e. The Bertz CT molecular complexity index is 800. The number of hydrogen-bond donors (Lipinski definition) is 1. The smallest absolute Gasteiger partial charge is 0.343 e.